The Balaban J connectivity index is 1.61. The molecule has 2 aromatic carbocycles. The Morgan fingerprint density at radius 2 is 2.12 bits per heavy atom. The summed E-state index contributed by atoms with van der Waals surface area (Å²) >= 11 is 1.48. The van der Waals surface area contributed by atoms with Crippen LogP contribution in [-0.4, -0.2) is 22.9 Å². The van der Waals surface area contributed by atoms with Crippen LogP contribution in [0.5, 0.6) is 0 Å². The van der Waals surface area contributed by atoms with Gasteiger partial charge in [0.05, 0.1) is 16.6 Å². The first-order valence-electron chi connectivity index (χ1n) is 7.49. The minimum Gasteiger partial charge on any atom is -0.361 e. The average molecular weight is 339 g/mol. The highest BCUT2D eigenvalue weighted by Crippen LogP contribution is 2.28. The number of nitrogens with zero attached hydrogens (tertiary/aromatic N) is 2. The van der Waals surface area contributed by atoms with Crippen molar-refractivity contribution < 1.29 is 9.18 Å². The van der Waals surface area contributed by atoms with Gasteiger partial charge in [0.1, 0.15) is 5.82 Å². The summed E-state index contributed by atoms with van der Waals surface area (Å²) in [4.78, 5) is 21.7. The number of halogens is 1. The van der Waals surface area contributed by atoms with Crippen LogP contribution >= 0.6 is 11.3 Å². The van der Waals surface area contributed by atoms with E-state index in [9.17, 15) is 9.18 Å². The molecule has 0 saturated heterocycles. The molecule has 0 saturated carbocycles. The number of carbonyl (C=O) groups excluding carboxylic acids is 1. The van der Waals surface area contributed by atoms with Crippen molar-refractivity contribution in [3.63, 3.8) is 0 Å². The summed E-state index contributed by atoms with van der Waals surface area (Å²) in [6.45, 7) is 0. The molecule has 1 amide bonds. The molecule has 1 N–H and O–H groups in total. The number of likely N-dealkylation sites (N-methyl/N-ethyl adjacent to an activating group) is 1. The molecular weight excluding hydrogens is 325 g/mol. The Bertz CT molecular complexity index is 1020. The summed E-state index contributed by atoms with van der Waals surface area (Å²) in [7, 11) is 1.72. The highest BCUT2D eigenvalue weighted by molar-refractivity contribution is 7.22. The van der Waals surface area contributed by atoms with Crippen molar-refractivity contribution >= 4 is 43.5 Å². The highest BCUT2D eigenvalue weighted by Gasteiger charge is 2.17. The minimum absolute atomic E-state index is 0.0841. The fraction of sp³-hybridized carbons (Fsp3) is 0.111. The Hall–Kier alpha value is -2.73. The summed E-state index contributed by atoms with van der Waals surface area (Å²) < 4.78 is 14.5. The van der Waals surface area contributed by atoms with Gasteiger partial charge in [-0.15, -0.1) is 0 Å². The molecule has 0 atom stereocenters. The number of H-pyrrole nitrogens is 1. The van der Waals surface area contributed by atoms with Gasteiger partial charge in [0.2, 0.25) is 5.91 Å². The molecule has 0 aliphatic carbocycles. The zero-order valence-electron chi connectivity index (χ0n) is 12.9. The van der Waals surface area contributed by atoms with E-state index in [2.05, 4.69) is 9.97 Å². The van der Waals surface area contributed by atoms with Gasteiger partial charge in [-0.05, 0) is 35.9 Å². The molecule has 2 heterocycles. The standard InChI is InChI=1S/C18H14FN3OS/c1-22(18-21-15-4-2-3-5-16(15)24-18)17(23)8-11-10-20-14-7-6-12(19)9-13(11)14/h2-7,9-10,20H,8H2,1H3. The van der Waals surface area contributed by atoms with Crippen LogP contribution in [0.2, 0.25) is 0 Å². The topological polar surface area (TPSA) is 49.0 Å². The van der Waals surface area contributed by atoms with Crippen LogP contribution < -0.4 is 4.90 Å². The Morgan fingerprint density at radius 1 is 1.29 bits per heavy atom. The molecule has 6 heteroatoms. The summed E-state index contributed by atoms with van der Waals surface area (Å²) in [6.07, 6.45) is 1.95. The largest absolute Gasteiger partial charge is 0.361 e. The van der Waals surface area contributed by atoms with E-state index in [0.29, 0.717) is 5.13 Å². The smallest absolute Gasteiger partial charge is 0.233 e. The average Bonchev–Trinajstić information content (AvgIpc) is 3.18. The fourth-order valence-corrected chi connectivity index (χ4v) is 3.63. The van der Waals surface area contributed by atoms with Crippen LogP contribution in [0.3, 0.4) is 0 Å². The van der Waals surface area contributed by atoms with Crippen LogP contribution in [0.25, 0.3) is 21.1 Å². The van der Waals surface area contributed by atoms with Gasteiger partial charge < -0.3 is 4.98 Å². The minimum atomic E-state index is -0.310. The van der Waals surface area contributed by atoms with Gasteiger partial charge in [0.25, 0.3) is 0 Å². The molecule has 0 bridgehead atoms. The van der Waals surface area contributed by atoms with E-state index in [1.54, 1.807) is 24.2 Å². The van der Waals surface area contributed by atoms with E-state index < -0.39 is 0 Å². The summed E-state index contributed by atoms with van der Waals surface area (Å²) in [5.74, 6) is -0.394. The Labute approximate surface area is 141 Å². The second-order valence-electron chi connectivity index (χ2n) is 5.60. The second kappa shape index (κ2) is 5.72. The molecule has 0 radical (unpaired) electrons. The van der Waals surface area contributed by atoms with E-state index in [-0.39, 0.29) is 18.1 Å². The maximum absolute atomic E-state index is 13.5. The molecule has 0 aliphatic heterocycles. The molecule has 0 spiro atoms. The first-order chi connectivity index (χ1) is 11.6. The van der Waals surface area contributed by atoms with Gasteiger partial charge in [-0.1, -0.05) is 23.5 Å². The van der Waals surface area contributed by atoms with Crippen molar-refractivity contribution in [2.45, 2.75) is 6.42 Å². The van der Waals surface area contributed by atoms with Crippen LogP contribution in [0.1, 0.15) is 5.56 Å². The van der Waals surface area contributed by atoms with Crippen molar-refractivity contribution in [3.05, 3.63) is 60.0 Å². The third-order valence-electron chi connectivity index (χ3n) is 4.01. The number of thiazole rings is 1. The van der Waals surface area contributed by atoms with Gasteiger partial charge in [-0.25, -0.2) is 9.37 Å². The number of fused-ring (bicyclic) bond motifs is 2. The van der Waals surface area contributed by atoms with Gasteiger partial charge in [-0.2, -0.15) is 0 Å². The van der Waals surface area contributed by atoms with E-state index >= 15 is 0 Å². The third kappa shape index (κ3) is 2.55. The molecule has 120 valence electrons. The van der Waals surface area contributed by atoms with E-state index in [4.69, 9.17) is 0 Å². The van der Waals surface area contributed by atoms with Crippen molar-refractivity contribution in [2.75, 3.05) is 11.9 Å². The van der Waals surface area contributed by atoms with E-state index in [0.717, 1.165) is 26.7 Å². The lowest BCUT2D eigenvalue weighted by Crippen LogP contribution is -2.27. The number of amides is 1. The molecule has 4 aromatic rings. The SMILES string of the molecule is CN(C(=O)Cc1c[nH]c2ccc(F)cc12)c1nc2ccccc2s1. The number of benzene rings is 2. The fourth-order valence-electron chi connectivity index (χ4n) is 2.69. The predicted molar refractivity (Wildman–Crippen MR) is 95.0 cm³/mol. The monoisotopic (exact) mass is 339 g/mol. The van der Waals surface area contributed by atoms with Crippen LogP contribution in [0.15, 0.2) is 48.7 Å². The predicted octanol–water partition coefficient (Wildman–Crippen LogP) is 4.12. The molecule has 2 aromatic heterocycles. The van der Waals surface area contributed by atoms with Crippen molar-refractivity contribution in [1.29, 1.82) is 0 Å². The number of aromatic nitrogens is 2. The number of anilines is 1. The van der Waals surface area contributed by atoms with E-state index in [1.165, 1.54) is 23.5 Å². The molecule has 4 rings (SSSR count). The number of hydrogen-bond donors (Lipinski definition) is 1. The van der Waals surface area contributed by atoms with Gasteiger partial charge >= 0.3 is 0 Å². The maximum atomic E-state index is 13.5. The molecular formula is C18H14FN3OS. The molecule has 0 aliphatic rings. The third-order valence-corrected chi connectivity index (χ3v) is 5.13. The molecule has 0 unspecified atom stereocenters. The van der Waals surface area contributed by atoms with Gasteiger partial charge in [0.15, 0.2) is 5.13 Å². The van der Waals surface area contributed by atoms with Gasteiger partial charge in [0, 0.05) is 24.1 Å². The lowest BCUT2D eigenvalue weighted by molar-refractivity contribution is -0.117. The van der Waals surface area contributed by atoms with Crippen molar-refractivity contribution in [2.24, 2.45) is 0 Å². The summed E-state index contributed by atoms with van der Waals surface area (Å²) in [6, 6.07) is 12.3. The number of hydrogen-bond acceptors (Lipinski definition) is 3. The lowest BCUT2D eigenvalue weighted by Gasteiger charge is -2.13. The summed E-state index contributed by atoms with van der Waals surface area (Å²) in [5.41, 5.74) is 2.48. The first kappa shape index (κ1) is 14.8. The van der Waals surface area contributed by atoms with Gasteiger partial charge in [-0.3, -0.25) is 9.69 Å². The maximum Gasteiger partial charge on any atom is 0.233 e. The Kier molecular flexibility index (Phi) is 3.54. The van der Waals surface area contributed by atoms with Crippen LogP contribution in [-0.2, 0) is 11.2 Å². The number of para-hydroxylation sites is 1. The first-order valence-corrected chi connectivity index (χ1v) is 8.31. The quantitative estimate of drug-likeness (QED) is 0.610. The second-order valence-corrected chi connectivity index (χ2v) is 6.61. The summed E-state index contributed by atoms with van der Waals surface area (Å²) in [5, 5.41) is 1.40. The normalized spacial score (nSPS) is 11.2. The highest BCUT2D eigenvalue weighted by atomic mass is 32.1. The Morgan fingerprint density at radius 3 is 2.96 bits per heavy atom. The van der Waals surface area contributed by atoms with Crippen molar-refractivity contribution in [3.8, 4) is 0 Å². The number of nitrogens with one attached hydrogen (secondary N) is 1. The number of rotatable bonds is 3. The molecule has 0 fully saturated rings. The molecule has 24 heavy (non-hydrogen) atoms. The molecule has 4 nitrogen and oxygen atoms in total. The number of aromatic amines is 1. The zero-order valence-corrected chi connectivity index (χ0v) is 13.7. The number of carbonyl (C=O) groups is 1. The van der Waals surface area contributed by atoms with Crippen LogP contribution in [0.4, 0.5) is 9.52 Å². The zero-order chi connectivity index (χ0) is 16.7. The lowest BCUT2D eigenvalue weighted by atomic mass is 10.1. The van der Waals surface area contributed by atoms with E-state index in [1.807, 2.05) is 24.3 Å². The van der Waals surface area contributed by atoms with Crippen LogP contribution in [0, 0.1) is 5.82 Å². The van der Waals surface area contributed by atoms with Crippen molar-refractivity contribution in [1.82, 2.24) is 9.97 Å².